The molecule has 1 aromatic carbocycles. The van der Waals surface area contributed by atoms with E-state index in [-0.39, 0.29) is 5.91 Å². The summed E-state index contributed by atoms with van der Waals surface area (Å²) >= 11 is 1.37. The monoisotopic (exact) mass is 311 g/mol. The molecule has 0 saturated carbocycles. The van der Waals surface area contributed by atoms with Crippen molar-refractivity contribution in [3.8, 4) is 10.6 Å². The smallest absolute Gasteiger partial charge is 0.227 e. The first-order chi connectivity index (χ1) is 10.7. The number of nitrogens with zero attached hydrogens (tertiary/aromatic N) is 3. The molecule has 2 aromatic heterocycles. The number of carbonyl (C=O) groups excluding carboxylic acids is 1. The van der Waals surface area contributed by atoms with Crippen LogP contribution in [0, 0.1) is 0 Å². The molecule has 0 radical (unpaired) electrons. The van der Waals surface area contributed by atoms with Gasteiger partial charge < -0.3 is 10.6 Å². The van der Waals surface area contributed by atoms with Crippen LogP contribution in [-0.2, 0) is 4.79 Å². The Balaban J connectivity index is 1.81. The lowest BCUT2D eigenvalue weighted by molar-refractivity contribution is -0.114. The van der Waals surface area contributed by atoms with E-state index in [0.717, 1.165) is 16.3 Å². The Labute approximate surface area is 131 Å². The van der Waals surface area contributed by atoms with Crippen LogP contribution < -0.4 is 10.6 Å². The van der Waals surface area contributed by atoms with Crippen molar-refractivity contribution in [1.29, 1.82) is 0 Å². The summed E-state index contributed by atoms with van der Waals surface area (Å²) < 4.78 is 0. The van der Waals surface area contributed by atoms with Crippen LogP contribution in [-0.4, -0.2) is 20.9 Å². The molecule has 1 amide bonds. The Morgan fingerprint density at radius 1 is 1.14 bits per heavy atom. The molecule has 3 aromatic rings. The molecule has 7 heteroatoms. The molecular weight excluding hydrogens is 298 g/mol. The van der Waals surface area contributed by atoms with Gasteiger partial charge in [0, 0.05) is 25.0 Å². The zero-order valence-corrected chi connectivity index (χ0v) is 12.6. The van der Waals surface area contributed by atoms with Gasteiger partial charge >= 0.3 is 0 Å². The van der Waals surface area contributed by atoms with Gasteiger partial charge in [-0.05, 0) is 18.2 Å². The van der Waals surface area contributed by atoms with E-state index in [4.69, 9.17) is 0 Å². The number of aromatic nitrogens is 3. The van der Waals surface area contributed by atoms with Crippen LogP contribution in [0.15, 0.2) is 48.8 Å². The van der Waals surface area contributed by atoms with E-state index in [1.807, 2.05) is 30.3 Å². The SMILES string of the molecule is CC(=O)Nc1ncc(-c2ccnc(Nc3ccccc3)n2)s1. The number of thiazole rings is 1. The van der Waals surface area contributed by atoms with Gasteiger partial charge in [0.2, 0.25) is 11.9 Å². The Kier molecular flexibility index (Phi) is 4.06. The zero-order chi connectivity index (χ0) is 15.4. The van der Waals surface area contributed by atoms with Crippen molar-refractivity contribution >= 4 is 34.0 Å². The number of nitrogens with one attached hydrogen (secondary N) is 2. The van der Waals surface area contributed by atoms with Crippen LogP contribution in [0.25, 0.3) is 10.6 Å². The maximum atomic E-state index is 11.0. The van der Waals surface area contributed by atoms with E-state index < -0.39 is 0 Å². The highest BCUT2D eigenvalue weighted by Crippen LogP contribution is 2.28. The second kappa shape index (κ2) is 6.31. The first-order valence-corrected chi connectivity index (χ1v) is 7.41. The molecule has 0 bridgehead atoms. The van der Waals surface area contributed by atoms with Crippen molar-refractivity contribution in [3.05, 3.63) is 48.8 Å². The Morgan fingerprint density at radius 2 is 1.95 bits per heavy atom. The second-order valence-electron chi connectivity index (χ2n) is 4.47. The second-order valence-corrected chi connectivity index (χ2v) is 5.50. The van der Waals surface area contributed by atoms with Gasteiger partial charge in [-0.3, -0.25) is 4.79 Å². The first-order valence-electron chi connectivity index (χ1n) is 6.59. The van der Waals surface area contributed by atoms with Gasteiger partial charge in [-0.15, -0.1) is 0 Å². The van der Waals surface area contributed by atoms with Crippen molar-refractivity contribution < 1.29 is 4.79 Å². The molecule has 0 unspecified atom stereocenters. The van der Waals surface area contributed by atoms with E-state index in [0.29, 0.717) is 11.1 Å². The molecule has 2 heterocycles. The third-order valence-electron chi connectivity index (χ3n) is 2.73. The summed E-state index contributed by atoms with van der Waals surface area (Å²) in [5.41, 5.74) is 1.67. The molecule has 6 nitrogen and oxygen atoms in total. The maximum absolute atomic E-state index is 11.0. The summed E-state index contributed by atoms with van der Waals surface area (Å²) in [6, 6.07) is 11.5. The fourth-order valence-electron chi connectivity index (χ4n) is 1.81. The highest BCUT2D eigenvalue weighted by Gasteiger charge is 2.08. The van der Waals surface area contributed by atoms with E-state index in [1.54, 1.807) is 18.5 Å². The molecule has 0 fully saturated rings. The van der Waals surface area contributed by atoms with Gasteiger partial charge in [0.25, 0.3) is 0 Å². The molecule has 0 aliphatic heterocycles. The van der Waals surface area contributed by atoms with Gasteiger partial charge in [-0.2, -0.15) is 0 Å². The Morgan fingerprint density at radius 3 is 2.73 bits per heavy atom. The molecule has 110 valence electrons. The Hall–Kier alpha value is -2.80. The van der Waals surface area contributed by atoms with Gasteiger partial charge in [0.1, 0.15) is 0 Å². The van der Waals surface area contributed by atoms with E-state index in [2.05, 4.69) is 25.6 Å². The normalized spacial score (nSPS) is 10.2. The quantitative estimate of drug-likeness (QED) is 0.773. The van der Waals surface area contributed by atoms with Crippen LogP contribution in [0.2, 0.25) is 0 Å². The minimum absolute atomic E-state index is 0.143. The van der Waals surface area contributed by atoms with Crippen LogP contribution >= 0.6 is 11.3 Å². The minimum atomic E-state index is -0.143. The minimum Gasteiger partial charge on any atom is -0.324 e. The molecule has 0 atom stereocenters. The Bertz CT molecular complexity index is 787. The van der Waals surface area contributed by atoms with Crippen molar-refractivity contribution in [1.82, 2.24) is 15.0 Å². The molecule has 22 heavy (non-hydrogen) atoms. The fourth-order valence-corrected chi connectivity index (χ4v) is 2.64. The number of para-hydroxylation sites is 1. The third-order valence-corrected chi connectivity index (χ3v) is 3.66. The highest BCUT2D eigenvalue weighted by atomic mass is 32.1. The third kappa shape index (κ3) is 3.44. The summed E-state index contributed by atoms with van der Waals surface area (Å²) in [5.74, 6) is 0.369. The lowest BCUT2D eigenvalue weighted by Gasteiger charge is -2.05. The van der Waals surface area contributed by atoms with E-state index >= 15 is 0 Å². The topological polar surface area (TPSA) is 79.8 Å². The van der Waals surface area contributed by atoms with Crippen LogP contribution in [0.4, 0.5) is 16.8 Å². The number of hydrogen-bond acceptors (Lipinski definition) is 6. The molecule has 3 rings (SSSR count). The predicted molar refractivity (Wildman–Crippen MR) is 87.2 cm³/mol. The zero-order valence-electron chi connectivity index (χ0n) is 11.8. The fraction of sp³-hybridized carbons (Fsp3) is 0.0667. The number of rotatable bonds is 4. The van der Waals surface area contributed by atoms with Crippen molar-refractivity contribution in [2.45, 2.75) is 6.92 Å². The molecule has 2 N–H and O–H groups in total. The van der Waals surface area contributed by atoms with Crippen LogP contribution in [0.5, 0.6) is 0 Å². The van der Waals surface area contributed by atoms with Gasteiger partial charge in [-0.1, -0.05) is 29.5 Å². The van der Waals surface area contributed by atoms with Crippen molar-refractivity contribution in [2.75, 3.05) is 10.6 Å². The van der Waals surface area contributed by atoms with Crippen LogP contribution in [0.1, 0.15) is 6.92 Å². The molecular formula is C15H13N5OS. The largest absolute Gasteiger partial charge is 0.324 e. The van der Waals surface area contributed by atoms with Crippen molar-refractivity contribution in [2.24, 2.45) is 0 Å². The van der Waals surface area contributed by atoms with E-state index in [1.165, 1.54) is 18.3 Å². The summed E-state index contributed by atoms with van der Waals surface area (Å²) in [4.78, 5) is 24.7. The number of amides is 1. The molecule has 0 aliphatic rings. The number of benzene rings is 1. The standard InChI is InChI=1S/C15H13N5OS/c1-10(21)18-15-17-9-13(22-15)12-7-8-16-14(20-12)19-11-5-3-2-4-6-11/h2-9H,1H3,(H,16,19,20)(H,17,18,21). The number of anilines is 3. The van der Waals surface area contributed by atoms with Gasteiger partial charge in [-0.25, -0.2) is 15.0 Å². The predicted octanol–water partition coefficient (Wildman–Crippen LogP) is 3.30. The molecule has 0 spiro atoms. The first kappa shape index (κ1) is 14.2. The van der Waals surface area contributed by atoms with Crippen molar-refractivity contribution in [3.63, 3.8) is 0 Å². The summed E-state index contributed by atoms with van der Waals surface area (Å²) in [6.07, 6.45) is 3.37. The lowest BCUT2D eigenvalue weighted by Crippen LogP contribution is -2.04. The van der Waals surface area contributed by atoms with Gasteiger partial charge in [0.15, 0.2) is 5.13 Å². The lowest BCUT2D eigenvalue weighted by atomic mass is 10.3. The average molecular weight is 311 g/mol. The molecule has 0 saturated heterocycles. The highest BCUT2D eigenvalue weighted by molar-refractivity contribution is 7.19. The maximum Gasteiger partial charge on any atom is 0.227 e. The molecule has 0 aliphatic carbocycles. The average Bonchev–Trinajstić information content (AvgIpc) is 2.96. The number of hydrogen-bond donors (Lipinski definition) is 2. The summed E-state index contributed by atoms with van der Waals surface area (Å²) in [7, 11) is 0. The van der Waals surface area contributed by atoms with Crippen LogP contribution in [0.3, 0.4) is 0 Å². The summed E-state index contributed by atoms with van der Waals surface area (Å²) in [6.45, 7) is 1.45. The summed E-state index contributed by atoms with van der Waals surface area (Å²) in [5, 5.41) is 6.36. The van der Waals surface area contributed by atoms with Gasteiger partial charge in [0.05, 0.1) is 10.6 Å². The number of carbonyl (C=O) groups is 1. The van der Waals surface area contributed by atoms with E-state index in [9.17, 15) is 4.79 Å².